The van der Waals surface area contributed by atoms with Crippen molar-refractivity contribution in [1.82, 2.24) is 4.98 Å². The second kappa shape index (κ2) is 4.53. The van der Waals surface area contributed by atoms with Crippen LogP contribution in [-0.2, 0) is 4.79 Å². The Balaban J connectivity index is 2.94. The number of aromatic amines is 1. The number of amides is 1. The van der Waals surface area contributed by atoms with Gasteiger partial charge >= 0.3 is 0 Å². The molecule has 1 rings (SSSR count). The molecule has 0 saturated carbocycles. The number of halogens is 1. The van der Waals surface area contributed by atoms with Gasteiger partial charge in [0, 0.05) is 17.1 Å². The van der Waals surface area contributed by atoms with Crippen LogP contribution in [0, 0.1) is 4.64 Å². The topological polar surface area (TPSA) is 44.9 Å². The molecule has 0 saturated heterocycles. The summed E-state index contributed by atoms with van der Waals surface area (Å²) in [6.07, 6.45) is 2.17. The van der Waals surface area contributed by atoms with Gasteiger partial charge in [0.05, 0.1) is 5.69 Å². The van der Waals surface area contributed by atoms with Crippen molar-refractivity contribution in [3.05, 3.63) is 21.4 Å². The smallest absolute Gasteiger partial charge is 0.224 e. The van der Waals surface area contributed by atoms with E-state index in [1.54, 1.807) is 19.2 Å². The maximum Gasteiger partial charge on any atom is 0.224 e. The molecule has 5 heteroatoms. The molecule has 1 aromatic heterocycles. The summed E-state index contributed by atoms with van der Waals surface area (Å²) in [5.41, 5.74) is 0.635. The highest BCUT2D eigenvalue weighted by Crippen LogP contribution is 2.15. The molecule has 70 valence electrons. The second-order valence-corrected chi connectivity index (χ2v) is 3.79. The molecule has 0 aliphatic rings. The molecule has 0 aliphatic carbocycles. The molecule has 13 heavy (non-hydrogen) atoms. The quantitative estimate of drug-likeness (QED) is 0.804. The maximum atomic E-state index is 11.1. The average molecular weight is 261 g/mol. The average Bonchev–Trinajstić information content (AvgIpc) is 2.11. The molecular formula is C8H9BrN2OS. The first-order valence-corrected chi connectivity index (χ1v) is 5.01. The van der Waals surface area contributed by atoms with Gasteiger partial charge in [0.2, 0.25) is 5.91 Å². The molecule has 0 bridgehead atoms. The van der Waals surface area contributed by atoms with Crippen molar-refractivity contribution in [1.29, 1.82) is 0 Å². The van der Waals surface area contributed by atoms with Crippen molar-refractivity contribution in [2.24, 2.45) is 0 Å². The van der Waals surface area contributed by atoms with Crippen LogP contribution >= 0.6 is 28.1 Å². The summed E-state index contributed by atoms with van der Waals surface area (Å²) in [5.74, 6) is -0.0439. The van der Waals surface area contributed by atoms with E-state index in [0.29, 0.717) is 16.7 Å². The lowest BCUT2D eigenvalue weighted by molar-refractivity contribution is -0.115. The van der Waals surface area contributed by atoms with Crippen LogP contribution in [0.25, 0.3) is 0 Å². The molecule has 1 amide bonds. The van der Waals surface area contributed by atoms with Crippen LogP contribution < -0.4 is 5.32 Å². The Kier molecular flexibility index (Phi) is 3.62. The van der Waals surface area contributed by atoms with Crippen molar-refractivity contribution >= 4 is 39.7 Å². The molecule has 0 spiro atoms. The Bertz CT molecular complexity index is 375. The fourth-order valence-electron chi connectivity index (χ4n) is 0.789. The molecule has 0 atom stereocenters. The SMILES string of the molecule is CCC(=O)Nc1cc(Br)c[nH]c1=S. The van der Waals surface area contributed by atoms with Gasteiger partial charge in [-0.05, 0) is 22.0 Å². The highest BCUT2D eigenvalue weighted by molar-refractivity contribution is 9.10. The fraction of sp³-hybridized carbons (Fsp3) is 0.250. The molecule has 0 fully saturated rings. The first-order chi connectivity index (χ1) is 6.13. The zero-order chi connectivity index (χ0) is 9.84. The van der Waals surface area contributed by atoms with Crippen molar-refractivity contribution in [3.63, 3.8) is 0 Å². The molecule has 3 nitrogen and oxygen atoms in total. The number of hydrogen-bond acceptors (Lipinski definition) is 2. The van der Waals surface area contributed by atoms with Crippen molar-refractivity contribution in [3.8, 4) is 0 Å². The lowest BCUT2D eigenvalue weighted by atomic mass is 10.4. The van der Waals surface area contributed by atoms with Gasteiger partial charge in [-0.2, -0.15) is 0 Å². The third kappa shape index (κ3) is 2.93. The Hall–Kier alpha value is -0.680. The van der Waals surface area contributed by atoms with Crippen LogP contribution in [0.1, 0.15) is 13.3 Å². The number of pyridine rings is 1. The maximum absolute atomic E-state index is 11.1. The molecule has 2 N–H and O–H groups in total. The number of carbonyl (C=O) groups is 1. The van der Waals surface area contributed by atoms with E-state index in [2.05, 4.69) is 26.2 Å². The summed E-state index contributed by atoms with van der Waals surface area (Å²) < 4.78 is 1.39. The number of aromatic nitrogens is 1. The summed E-state index contributed by atoms with van der Waals surface area (Å²) in [6.45, 7) is 1.79. The molecular weight excluding hydrogens is 252 g/mol. The van der Waals surface area contributed by atoms with Crippen LogP contribution in [0.3, 0.4) is 0 Å². The Labute approximate surface area is 89.7 Å². The molecule has 0 radical (unpaired) electrons. The van der Waals surface area contributed by atoms with Crippen molar-refractivity contribution < 1.29 is 4.79 Å². The van der Waals surface area contributed by atoms with Gasteiger partial charge in [-0.1, -0.05) is 19.1 Å². The van der Waals surface area contributed by atoms with Crippen LogP contribution in [0.2, 0.25) is 0 Å². The predicted molar refractivity (Wildman–Crippen MR) is 58.2 cm³/mol. The van der Waals surface area contributed by atoms with E-state index in [9.17, 15) is 4.79 Å². The first kappa shape index (κ1) is 10.4. The summed E-state index contributed by atoms with van der Waals surface area (Å²) in [5, 5.41) is 2.70. The highest BCUT2D eigenvalue weighted by atomic mass is 79.9. The Morgan fingerprint density at radius 2 is 2.46 bits per heavy atom. The summed E-state index contributed by atoms with van der Waals surface area (Å²) in [4.78, 5) is 13.9. The number of H-pyrrole nitrogens is 1. The van der Waals surface area contributed by atoms with E-state index >= 15 is 0 Å². The minimum absolute atomic E-state index is 0.0439. The molecule has 0 aromatic carbocycles. The largest absolute Gasteiger partial charge is 0.350 e. The molecule has 0 aliphatic heterocycles. The number of anilines is 1. The first-order valence-electron chi connectivity index (χ1n) is 3.81. The normalized spacial score (nSPS) is 9.69. The van der Waals surface area contributed by atoms with E-state index in [1.165, 1.54) is 0 Å². The summed E-state index contributed by atoms with van der Waals surface area (Å²) in [7, 11) is 0. The number of rotatable bonds is 2. The summed E-state index contributed by atoms with van der Waals surface area (Å²) >= 11 is 8.27. The van der Waals surface area contributed by atoms with E-state index in [-0.39, 0.29) is 5.91 Å². The van der Waals surface area contributed by atoms with Crippen LogP contribution in [0.5, 0.6) is 0 Å². The van der Waals surface area contributed by atoms with Crippen molar-refractivity contribution in [2.45, 2.75) is 13.3 Å². The van der Waals surface area contributed by atoms with Crippen molar-refractivity contribution in [2.75, 3.05) is 5.32 Å². The molecule has 0 unspecified atom stereocenters. The number of nitrogens with one attached hydrogen (secondary N) is 2. The minimum Gasteiger partial charge on any atom is -0.350 e. The van der Waals surface area contributed by atoms with E-state index < -0.39 is 0 Å². The van der Waals surface area contributed by atoms with Crippen LogP contribution in [0.15, 0.2) is 16.7 Å². The van der Waals surface area contributed by atoms with E-state index in [1.807, 2.05) is 0 Å². The van der Waals surface area contributed by atoms with E-state index in [0.717, 1.165) is 4.47 Å². The Morgan fingerprint density at radius 3 is 3.08 bits per heavy atom. The standard InChI is InChI=1S/C8H9BrN2OS/c1-2-7(12)11-6-3-5(9)4-10-8(6)13/h3-4H,2H2,1H3,(H,10,13)(H,11,12). The zero-order valence-electron chi connectivity index (χ0n) is 7.06. The molecule has 1 heterocycles. The lowest BCUT2D eigenvalue weighted by Gasteiger charge is -2.03. The van der Waals surface area contributed by atoms with Gasteiger partial charge in [0.1, 0.15) is 4.64 Å². The number of hydrogen-bond donors (Lipinski definition) is 2. The minimum atomic E-state index is -0.0439. The van der Waals surface area contributed by atoms with Gasteiger partial charge in [-0.15, -0.1) is 0 Å². The molecule has 1 aromatic rings. The van der Waals surface area contributed by atoms with Crippen LogP contribution in [0.4, 0.5) is 5.69 Å². The lowest BCUT2D eigenvalue weighted by Crippen LogP contribution is -2.10. The van der Waals surface area contributed by atoms with E-state index in [4.69, 9.17) is 12.2 Å². The van der Waals surface area contributed by atoms with Gasteiger partial charge in [-0.3, -0.25) is 4.79 Å². The number of carbonyl (C=O) groups excluding carboxylic acids is 1. The van der Waals surface area contributed by atoms with Gasteiger partial charge in [0.15, 0.2) is 0 Å². The third-order valence-electron chi connectivity index (χ3n) is 1.46. The monoisotopic (exact) mass is 260 g/mol. The van der Waals surface area contributed by atoms with Crippen LogP contribution in [-0.4, -0.2) is 10.9 Å². The highest BCUT2D eigenvalue weighted by Gasteiger charge is 2.01. The van der Waals surface area contributed by atoms with Gasteiger partial charge < -0.3 is 10.3 Å². The predicted octanol–water partition coefficient (Wildman–Crippen LogP) is 2.86. The summed E-state index contributed by atoms with van der Waals surface area (Å²) in [6, 6.07) is 1.77. The zero-order valence-corrected chi connectivity index (χ0v) is 9.46. The Morgan fingerprint density at radius 1 is 1.77 bits per heavy atom. The fourth-order valence-corrected chi connectivity index (χ4v) is 1.30. The van der Waals surface area contributed by atoms with Gasteiger partial charge in [-0.25, -0.2) is 0 Å². The second-order valence-electron chi connectivity index (χ2n) is 2.46. The third-order valence-corrected chi connectivity index (χ3v) is 2.26. The van der Waals surface area contributed by atoms with Gasteiger partial charge in [0.25, 0.3) is 0 Å².